The van der Waals surface area contributed by atoms with Gasteiger partial charge in [-0.2, -0.15) is 4.91 Å². The zero-order valence-electron chi connectivity index (χ0n) is 12.7. The van der Waals surface area contributed by atoms with E-state index >= 15 is 0 Å². The number of methoxy groups -OCH3 is 1. The highest BCUT2D eigenvalue weighted by atomic mass is 32.2. The predicted molar refractivity (Wildman–Crippen MR) is 90.1 cm³/mol. The minimum Gasteiger partial charge on any atom is -0.469 e. The van der Waals surface area contributed by atoms with Crippen LogP contribution in [0.4, 0.5) is 0 Å². The van der Waals surface area contributed by atoms with E-state index in [9.17, 15) is 9.70 Å². The quantitative estimate of drug-likeness (QED) is 0.431. The van der Waals surface area contributed by atoms with Crippen molar-refractivity contribution in [3.8, 4) is 0 Å². The normalized spacial score (nSPS) is 13.5. The van der Waals surface area contributed by atoms with Crippen LogP contribution in [0.1, 0.15) is 19.8 Å². The van der Waals surface area contributed by atoms with E-state index in [1.165, 1.54) is 12.5 Å². The minimum atomic E-state index is -0.360. The van der Waals surface area contributed by atoms with Crippen LogP contribution in [0, 0.1) is 4.91 Å². The molecule has 2 rings (SSSR count). The molecule has 0 N–H and O–H groups in total. The van der Waals surface area contributed by atoms with Crippen LogP contribution in [0.2, 0.25) is 0 Å². The first-order valence-corrected chi connectivity index (χ1v) is 8.06. The van der Waals surface area contributed by atoms with Gasteiger partial charge in [0.25, 0.3) is 0 Å². The summed E-state index contributed by atoms with van der Waals surface area (Å²) in [6.07, 6.45) is 0.860. The van der Waals surface area contributed by atoms with Gasteiger partial charge in [0.2, 0.25) is 0 Å². The molecular weight excluding hydrogens is 298 g/mol. The summed E-state index contributed by atoms with van der Waals surface area (Å²) >= 11 is 1.59. The predicted octanol–water partition coefficient (Wildman–Crippen LogP) is 4.41. The van der Waals surface area contributed by atoms with Crippen LogP contribution in [-0.4, -0.2) is 24.4 Å². The van der Waals surface area contributed by atoms with Gasteiger partial charge in [-0.25, -0.2) is 0 Å². The third-order valence-corrected chi connectivity index (χ3v) is 5.03. The number of carbonyl (C=O) groups excluding carboxylic acids is 1. The molecular formula is C17H19NO3S. The highest BCUT2D eigenvalue weighted by molar-refractivity contribution is 8.00. The highest BCUT2D eigenvalue weighted by Crippen LogP contribution is 2.32. The van der Waals surface area contributed by atoms with Crippen LogP contribution in [0.5, 0.6) is 0 Å². The van der Waals surface area contributed by atoms with Gasteiger partial charge in [-0.15, -0.1) is 11.8 Å². The van der Waals surface area contributed by atoms with E-state index in [0.29, 0.717) is 12.8 Å². The summed E-state index contributed by atoms with van der Waals surface area (Å²) in [4.78, 5) is 23.3. The van der Waals surface area contributed by atoms with Crippen molar-refractivity contribution in [2.45, 2.75) is 36.0 Å². The van der Waals surface area contributed by atoms with Crippen LogP contribution in [0.15, 0.2) is 52.5 Å². The molecule has 2 aromatic carbocycles. The molecule has 2 atom stereocenters. The van der Waals surface area contributed by atoms with E-state index in [-0.39, 0.29) is 17.3 Å². The molecule has 0 heterocycles. The molecule has 0 bridgehead atoms. The van der Waals surface area contributed by atoms with Gasteiger partial charge in [0.05, 0.1) is 7.11 Å². The maximum atomic E-state index is 11.3. The maximum Gasteiger partial charge on any atom is 0.305 e. The number of esters is 1. The Hall–Kier alpha value is -1.88. The van der Waals surface area contributed by atoms with Crippen LogP contribution in [0.3, 0.4) is 0 Å². The molecule has 0 radical (unpaired) electrons. The molecule has 0 aliphatic rings. The number of nitrogens with zero attached hydrogens (tertiary/aromatic N) is 1. The first-order chi connectivity index (χ1) is 10.6. The van der Waals surface area contributed by atoms with E-state index in [2.05, 4.69) is 34.2 Å². The molecule has 116 valence electrons. The number of hydrogen-bond acceptors (Lipinski definition) is 5. The van der Waals surface area contributed by atoms with Crippen molar-refractivity contribution < 1.29 is 9.53 Å². The number of ether oxygens (including phenoxy) is 1. The van der Waals surface area contributed by atoms with Gasteiger partial charge in [-0.1, -0.05) is 35.5 Å². The monoisotopic (exact) mass is 317 g/mol. The van der Waals surface area contributed by atoms with Gasteiger partial charge < -0.3 is 4.74 Å². The Morgan fingerprint density at radius 1 is 1.23 bits per heavy atom. The van der Waals surface area contributed by atoms with Crippen molar-refractivity contribution in [2.24, 2.45) is 5.18 Å². The molecule has 2 unspecified atom stereocenters. The van der Waals surface area contributed by atoms with Crippen LogP contribution in [-0.2, 0) is 9.53 Å². The molecule has 22 heavy (non-hydrogen) atoms. The average molecular weight is 317 g/mol. The summed E-state index contributed by atoms with van der Waals surface area (Å²) in [6.45, 7) is 1.78. The zero-order valence-corrected chi connectivity index (χ0v) is 13.5. The standard InChI is InChI=1S/C17H19NO3S/c1-12(18-20)16(9-10-17(19)21-2)22-15-8-7-13-5-3-4-6-14(13)11-15/h3-8,11-12,16H,9-10H2,1-2H3. The van der Waals surface area contributed by atoms with Crippen molar-refractivity contribution in [2.75, 3.05) is 7.11 Å². The smallest absolute Gasteiger partial charge is 0.305 e. The Labute approximate surface area is 134 Å². The summed E-state index contributed by atoms with van der Waals surface area (Å²) in [5.74, 6) is -0.262. The van der Waals surface area contributed by atoms with Crippen LogP contribution >= 0.6 is 11.8 Å². The average Bonchev–Trinajstić information content (AvgIpc) is 2.57. The number of carbonyl (C=O) groups is 1. The topological polar surface area (TPSA) is 55.7 Å². The summed E-state index contributed by atoms with van der Waals surface area (Å²) in [7, 11) is 1.37. The lowest BCUT2D eigenvalue weighted by Gasteiger charge is -2.18. The summed E-state index contributed by atoms with van der Waals surface area (Å²) in [6, 6.07) is 14.0. The molecule has 0 aromatic heterocycles. The van der Waals surface area contributed by atoms with Crippen LogP contribution < -0.4 is 0 Å². The first-order valence-electron chi connectivity index (χ1n) is 7.18. The van der Waals surface area contributed by atoms with E-state index in [0.717, 1.165) is 10.3 Å². The lowest BCUT2D eigenvalue weighted by molar-refractivity contribution is -0.140. The molecule has 0 saturated carbocycles. The third kappa shape index (κ3) is 4.31. The van der Waals surface area contributed by atoms with E-state index in [1.807, 2.05) is 18.2 Å². The van der Waals surface area contributed by atoms with E-state index < -0.39 is 0 Å². The summed E-state index contributed by atoms with van der Waals surface area (Å²) in [5.41, 5.74) is 0. The molecule has 2 aromatic rings. The van der Waals surface area contributed by atoms with Gasteiger partial charge in [0, 0.05) is 16.6 Å². The molecule has 4 nitrogen and oxygen atoms in total. The highest BCUT2D eigenvalue weighted by Gasteiger charge is 2.21. The number of fused-ring (bicyclic) bond motifs is 1. The number of hydrogen-bond donors (Lipinski definition) is 0. The summed E-state index contributed by atoms with van der Waals surface area (Å²) in [5, 5.41) is 5.42. The number of nitroso groups, excluding NO2 is 1. The van der Waals surface area contributed by atoms with Crippen molar-refractivity contribution in [3.05, 3.63) is 47.4 Å². The molecule has 0 aliphatic carbocycles. The maximum absolute atomic E-state index is 11.3. The second-order valence-corrected chi connectivity index (χ2v) is 6.44. The largest absolute Gasteiger partial charge is 0.469 e. The fourth-order valence-electron chi connectivity index (χ4n) is 2.24. The second kappa shape index (κ2) is 7.94. The Balaban J connectivity index is 2.13. The lowest BCUT2D eigenvalue weighted by atomic mass is 10.1. The van der Waals surface area contributed by atoms with Gasteiger partial charge in [0.1, 0.15) is 6.04 Å². The summed E-state index contributed by atoms with van der Waals surface area (Å²) < 4.78 is 4.66. The molecule has 5 heteroatoms. The minimum absolute atomic E-state index is 0.0437. The van der Waals surface area contributed by atoms with Gasteiger partial charge in [-0.05, 0) is 36.2 Å². The van der Waals surface area contributed by atoms with E-state index in [1.54, 1.807) is 18.7 Å². The Bertz CT molecular complexity index is 659. The SMILES string of the molecule is COC(=O)CCC(Sc1ccc2ccccc2c1)C(C)N=O. The Kier molecular flexibility index (Phi) is 5.95. The Morgan fingerprint density at radius 3 is 2.64 bits per heavy atom. The van der Waals surface area contributed by atoms with Gasteiger partial charge >= 0.3 is 5.97 Å². The molecule has 0 amide bonds. The lowest BCUT2D eigenvalue weighted by Crippen LogP contribution is -2.19. The Morgan fingerprint density at radius 2 is 1.95 bits per heavy atom. The van der Waals surface area contributed by atoms with Gasteiger partial charge in [0.15, 0.2) is 0 Å². The molecule has 0 spiro atoms. The van der Waals surface area contributed by atoms with Gasteiger partial charge in [-0.3, -0.25) is 4.79 Å². The third-order valence-electron chi connectivity index (χ3n) is 3.57. The second-order valence-electron chi connectivity index (χ2n) is 5.13. The number of thioether (sulfide) groups is 1. The molecule has 0 saturated heterocycles. The molecule has 0 fully saturated rings. The molecule has 0 aliphatic heterocycles. The van der Waals surface area contributed by atoms with Crippen molar-refractivity contribution >= 4 is 28.5 Å². The number of rotatable bonds is 7. The van der Waals surface area contributed by atoms with Crippen molar-refractivity contribution in [1.82, 2.24) is 0 Å². The number of benzene rings is 2. The fourth-order valence-corrected chi connectivity index (χ4v) is 3.42. The van der Waals surface area contributed by atoms with Crippen molar-refractivity contribution in [1.29, 1.82) is 0 Å². The fraction of sp³-hybridized carbons (Fsp3) is 0.353. The first kappa shape index (κ1) is 16.5. The zero-order chi connectivity index (χ0) is 15.9. The van der Waals surface area contributed by atoms with E-state index in [4.69, 9.17) is 0 Å². The van der Waals surface area contributed by atoms with Crippen molar-refractivity contribution in [3.63, 3.8) is 0 Å². The van der Waals surface area contributed by atoms with Crippen LogP contribution in [0.25, 0.3) is 10.8 Å².